The second kappa shape index (κ2) is 15.7. The predicted molar refractivity (Wildman–Crippen MR) is 145 cm³/mol. The molecule has 0 atom stereocenters. The smallest absolute Gasteiger partial charge is 0.311 e. The Balaban J connectivity index is 1.40. The molecule has 4 nitrogen and oxygen atoms in total. The average molecular weight is 479 g/mol. The van der Waals surface area contributed by atoms with Gasteiger partial charge in [-0.1, -0.05) is 102 Å². The summed E-state index contributed by atoms with van der Waals surface area (Å²) in [5.41, 5.74) is 2.45. The van der Waals surface area contributed by atoms with Crippen LogP contribution in [0.25, 0.3) is 11.4 Å². The van der Waals surface area contributed by atoms with Gasteiger partial charge in [0.05, 0.1) is 12.4 Å². The Morgan fingerprint density at radius 1 is 0.800 bits per heavy atom. The van der Waals surface area contributed by atoms with Gasteiger partial charge >= 0.3 is 5.97 Å². The lowest BCUT2D eigenvalue weighted by molar-refractivity contribution is -0.134. The van der Waals surface area contributed by atoms with Gasteiger partial charge in [-0.15, -0.1) is 0 Å². The number of nitrogens with zero attached hydrogens (tertiary/aromatic N) is 2. The summed E-state index contributed by atoms with van der Waals surface area (Å²) in [7, 11) is 0. The third-order valence-corrected chi connectivity index (χ3v) is 7.55. The third kappa shape index (κ3) is 9.74. The van der Waals surface area contributed by atoms with E-state index in [4.69, 9.17) is 4.74 Å². The molecule has 3 rings (SSSR count). The van der Waals surface area contributed by atoms with Gasteiger partial charge in [0.25, 0.3) is 0 Å². The fourth-order valence-corrected chi connectivity index (χ4v) is 5.30. The molecule has 0 bridgehead atoms. The summed E-state index contributed by atoms with van der Waals surface area (Å²) in [6.07, 6.45) is 23.0. The lowest BCUT2D eigenvalue weighted by atomic mass is 9.77. The van der Waals surface area contributed by atoms with Gasteiger partial charge in [-0.3, -0.25) is 4.79 Å². The summed E-state index contributed by atoms with van der Waals surface area (Å²) in [5.74, 6) is 2.52. The van der Waals surface area contributed by atoms with Crippen LogP contribution in [0.1, 0.15) is 128 Å². The summed E-state index contributed by atoms with van der Waals surface area (Å²) in [6.45, 7) is 4.47. The summed E-state index contributed by atoms with van der Waals surface area (Å²) < 4.78 is 5.40. The second-order valence-corrected chi connectivity index (χ2v) is 10.4. The van der Waals surface area contributed by atoms with Crippen LogP contribution in [0.3, 0.4) is 0 Å². The molecule has 1 saturated carbocycles. The third-order valence-electron chi connectivity index (χ3n) is 7.55. The monoisotopic (exact) mass is 478 g/mol. The quantitative estimate of drug-likeness (QED) is 0.189. The van der Waals surface area contributed by atoms with Gasteiger partial charge in [-0.2, -0.15) is 0 Å². The normalized spacial score (nSPS) is 17.9. The maximum Gasteiger partial charge on any atom is 0.311 e. The predicted octanol–water partition coefficient (Wildman–Crippen LogP) is 9.04. The van der Waals surface area contributed by atoms with Crippen LogP contribution in [-0.2, 0) is 4.79 Å². The molecule has 4 heteroatoms. The fourth-order valence-electron chi connectivity index (χ4n) is 5.30. The molecule has 1 heterocycles. The Morgan fingerprint density at radius 3 is 2.03 bits per heavy atom. The molecule has 0 saturated heterocycles. The van der Waals surface area contributed by atoms with Gasteiger partial charge in [0.1, 0.15) is 0 Å². The SMILES string of the molecule is CCCCCCCC(=O)Oc1cnc(-c2ccc(C3CCC(CCCCCCC)CC3)cc2)nc1. The van der Waals surface area contributed by atoms with Crippen LogP contribution >= 0.6 is 0 Å². The number of aromatic nitrogens is 2. The molecule has 1 aliphatic rings. The van der Waals surface area contributed by atoms with E-state index >= 15 is 0 Å². The molecule has 0 aliphatic heterocycles. The van der Waals surface area contributed by atoms with Crippen molar-refractivity contribution < 1.29 is 9.53 Å². The van der Waals surface area contributed by atoms with Crippen LogP contribution in [0, 0.1) is 5.92 Å². The van der Waals surface area contributed by atoms with E-state index in [9.17, 15) is 4.79 Å². The van der Waals surface area contributed by atoms with Crippen molar-refractivity contribution in [3.8, 4) is 17.1 Å². The average Bonchev–Trinajstić information content (AvgIpc) is 2.89. The van der Waals surface area contributed by atoms with Crippen LogP contribution in [0.5, 0.6) is 5.75 Å². The zero-order chi connectivity index (χ0) is 24.7. The van der Waals surface area contributed by atoms with Gasteiger partial charge < -0.3 is 4.74 Å². The van der Waals surface area contributed by atoms with Crippen molar-refractivity contribution in [1.82, 2.24) is 9.97 Å². The van der Waals surface area contributed by atoms with E-state index in [1.807, 2.05) is 0 Å². The molecule has 192 valence electrons. The van der Waals surface area contributed by atoms with E-state index in [1.54, 1.807) is 12.4 Å². The van der Waals surface area contributed by atoms with Crippen LogP contribution in [0.4, 0.5) is 0 Å². The van der Waals surface area contributed by atoms with Gasteiger partial charge in [0.15, 0.2) is 11.6 Å². The molecule has 2 aromatic rings. The number of hydrogen-bond acceptors (Lipinski definition) is 4. The highest BCUT2D eigenvalue weighted by molar-refractivity contribution is 5.72. The van der Waals surface area contributed by atoms with E-state index in [-0.39, 0.29) is 5.97 Å². The lowest BCUT2D eigenvalue weighted by Crippen LogP contribution is -2.13. The number of esters is 1. The number of carbonyl (C=O) groups is 1. The second-order valence-electron chi connectivity index (χ2n) is 10.4. The molecule has 1 aliphatic carbocycles. The highest BCUT2D eigenvalue weighted by Gasteiger charge is 2.22. The number of ether oxygens (including phenoxy) is 1. The number of unbranched alkanes of at least 4 members (excludes halogenated alkanes) is 8. The minimum atomic E-state index is -0.201. The van der Waals surface area contributed by atoms with Gasteiger partial charge in [0.2, 0.25) is 0 Å². The number of rotatable bonds is 15. The highest BCUT2D eigenvalue weighted by Crippen LogP contribution is 2.38. The summed E-state index contributed by atoms with van der Waals surface area (Å²) in [5, 5.41) is 0. The van der Waals surface area contributed by atoms with Crippen LogP contribution in [0.2, 0.25) is 0 Å². The molecule has 1 aromatic carbocycles. The Bertz CT molecular complexity index is 839. The first-order chi connectivity index (χ1) is 17.2. The van der Waals surface area contributed by atoms with Crippen molar-refractivity contribution in [2.24, 2.45) is 5.92 Å². The fraction of sp³-hybridized carbons (Fsp3) is 0.645. The summed E-state index contributed by atoms with van der Waals surface area (Å²) in [6, 6.07) is 8.76. The number of carbonyl (C=O) groups excluding carboxylic acids is 1. The minimum Gasteiger partial charge on any atom is -0.423 e. The van der Waals surface area contributed by atoms with Crippen LogP contribution in [-0.4, -0.2) is 15.9 Å². The van der Waals surface area contributed by atoms with Gasteiger partial charge in [0, 0.05) is 12.0 Å². The molecule has 0 N–H and O–H groups in total. The Hall–Kier alpha value is -2.23. The van der Waals surface area contributed by atoms with Crippen molar-refractivity contribution in [2.45, 2.75) is 122 Å². The molecule has 35 heavy (non-hydrogen) atoms. The minimum absolute atomic E-state index is 0.201. The molecule has 1 aromatic heterocycles. The Labute approximate surface area is 213 Å². The van der Waals surface area contributed by atoms with Crippen molar-refractivity contribution in [2.75, 3.05) is 0 Å². The van der Waals surface area contributed by atoms with Crippen molar-refractivity contribution in [3.05, 3.63) is 42.2 Å². The van der Waals surface area contributed by atoms with Gasteiger partial charge in [-0.25, -0.2) is 9.97 Å². The maximum absolute atomic E-state index is 12.0. The number of benzene rings is 1. The standard InChI is InChI=1S/C31H46N2O2/c1-3-5-7-9-11-13-25-15-17-26(18-16-25)27-19-21-28(22-20-27)31-32-23-29(24-33-31)35-30(34)14-12-10-8-6-4-2/h19-26H,3-18H2,1-2H3. The molecule has 0 amide bonds. The van der Waals surface area contributed by atoms with Gasteiger partial charge in [-0.05, 0) is 49.5 Å². The first-order valence-electron chi connectivity index (χ1n) is 14.3. The van der Waals surface area contributed by atoms with E-state index in [0.717, 1.165) is 24.3 Å². The summed E-state index contributed by atoms with van der Waals surface area (Å²) >= 11 is 0. The first kappa shape index (κ1) is 27.4. The van der Waals surface area contributed by atoms with E-state index in [0.29, 0.717) is 23.9 Å². The molecule has 0 unspecified atom stereocenters. The maximum atomic E-state index is 12.0. The van der Waals surface area contributed by atoms with E-state index < -0.39 is 0 Å². The zero-order valence-corrected chi connectivity index (χ0v) is 22.1. The zero-order valence-electron chi connectivity index (χ0n) is 22.1. The highest BCUT2D eigenvalue weighted by atomic mass is 16.5. The molecule has 0 spiro atoms. The van der Waals surface area contributed by atoms with E-state index in [1.165, 1.54) is 89.0 Å². The van der Waals surface area contributed by atoms with Crippen molar-refractivity contribution >= 4 is 5.97 Å². The van der Waals surface area contributed by atoms with Crippen LogP contribution < -0.4 is 4.74 Å². The Kier molecular flexibility index (Phi) is 12.3. The van der Waals surface area contributed by atoms with Crippen molar-refractivity contribution in [1.29, 1.82) is 0 Å². The van der Waals surface area contributed by atoms with E-state index in [2.05, 4.69) is 48.1 Å². The molecule has 1 fully saturated rings. The lowest BCUT2D eigenvalue weighted by Gasteiger charge is -2.29. The molecular formula is C31H46N2O2. The largest absolute Gasteiger partial charge is 0.423 e. The Morgan fingerprint density at radius 2 is 1.40 bits per heavy atom. The first-order valence-corrected chi connectivity index (χ1v) is 14.3. The van der Waals surface area contributed by atoms with Crippen molar-refractivity contribution in [3.63, 3.8) is 0 Å². The molecular weight excluding hydrogens is 432 g/mol. The topological polar surface area (TPSA) is 52.1 Å². The number of hydrogen-bond donors (Lipinski definition) is 0. The summed E-state index contributed by atoms with van der Waals surface area (Å²) in [4.78, 5) is 20.9. The van der Waals surface area contributed by atoms with Crippen LogP contribution in [0.15, 0.2) is 36.7 Å². The molecule has 0 radical (unpaired) electrons.